The van der Waals surface area contributed by atoms with Crippen LogP contribution in [0.4, 0.5) is 0 Å². The Bertz CT molecular complexity index is 757. The molecule has 0 heterocycles. The second kappa shape index (κ2) is 8.55. The van der Waals surface area contributed by atoms with Crippen LogP contribution in [0.3, 0.4) is 0 Å². The normalized spacial score (nSPS) is 10.4. The van der Waals surface area contributed by atoms with Crippen LogP contribution in [0.5, 0.6) is 11.5 Å². The Labute approximate surface area is 151 Å². The standard InChI is InChI=1S/C21H19BrO2/c22-14-19-13-20(23-15-17-7-3-1-4-8-17)11-12-21(19)24-16-18-9-5-2-6-10-18/h1-13H,14-16H2. The number of halogens is 1. The van der Waals surface area contributed by atoms with E-state index in [0.29, 0.717) is 13.2 Å². The number of ether oxygens (including phenoxy) is 2. The number of alkyl halides is 1. The van der Waals surface area contributed by atoms with E-state index in [-0.39, 0.29) is 0 Å². The van der Waals surface area contributed by atoms with E-state index in [2.05, 4.69) is 40.2 Å². The Morgan fingerprint density at radius 1 is 0.667 bits per heavy atom. The van der Waals surface area contributed by atoms with Gasteiger partial charge >= 0.3 is 0 Å². The summed E-state index contributed by atoms with van der Waals surface area (Å²) in [6.07, 6.45) is 0. The Morgan fingerprint density at radius 3 is 1.83 bits per heavy atom. The summed E-state index contributed by atoms with van der Waals surface area (Å²) in [5.41, 5.74) is 3.39. The van der Waals surface area contributed by atoms with Crippen LogP contribution < -0.4 is 9.47 Å². The average Bonchev–Trinajstić information content (AvgIpc) is 2.66. The lowest BCUT2D eigenvalue weighted by molar-refractivity contribution is 0.295. The fourth-order valence-corrected chi connectivity index (χ4v) is 2.81. The third-order valence-corrected chi connectivity index (χ3v) is 4.27. The summed E-state index contributed by atoms with van der Waals surface area (Å²) in [5, 5.41) is 0.722. The minimum Gasteiger partial charge on any atom is -0.489 e. The minimum atomic E-state index is 0.561. The molecule has 0 amide bonds. The molecule has 0 bridgehead atoms. The highest BCUT2D eigenvalue weighted by molar-refractivity contribution is 9.08. The van der Waals surface area contributed by atoms with E-state index in [1.165, 1.54) is 0 Å². The molecule has 0 aliphatic rings. The predicted molar refractivity (Wildman–Crippen MR) is 101 cm³/mol. The van der Waals surface area contributed by atoms with E-state index in [1.54, 1.807) is 0 Å². The van der Waals surface area contributed by atoms with Gasteiger partial charge in [0.05, 0.1) is 0 Å². The van der Waals surface area contributed by atoms with Crippen molar-refractivity contribution in [2.24, 2.45) is 0 Å². The molecule has 0 fully saturated rings. The third-order valence-electron chi connectivity index (χ3n) is 3.66. The van der Waals surface area contributed by atoms with Crippen molar-refractivity contribution in [3.8, 4) is 11.5 Å². The van der Waals surface area contributed by atoms with Gasteiger partial charge in [0.15, 0.2) is 0 Å². The summed E-state index contributed by atoms with van der Waals surface area (Å²) in [6.45, 7) is 1.12. The van der Waals surface area contributed by atoms with Gasteiger partial charge in [-0.1, -0.05) is 76.6 Å². The first-order chi connectivity index (χ1) is 11.8. The molecule has 3 aromatic rings. The Kier molecular flexibility index (Phi) is 5.91. The maximum absolute atomic E-state index is 5.95. The van der Waals surface area contributed by atoms with Crippen LogP contribution in [0.2, 0.25) is 0 Å². The highest BCUT2D eigenvalue weighted by atomic mass is 79.9. The van der Waals surface area contributed by atoms with Gasteiger partial charge in [0.1, 0.15) is 24.7 Å². The summed E-state index contributed by atoms with van der Waals surface area (Å²) in [5.74, 6) is 1.73. The lowest BCUT2D eigenvalue weighted by Gasteiger charge is -2.13. The highest BCUT2D eigenvalue weighted by Crippen LogP contribution is 2.27. The van der Waals surface area contributed by atoms with Crippen LogP contribution in [0.15, 0.2) is 78.9 Å². The van der Waals surface area contributed by atoms with Crippen LogP contribution in [-0.2, 0) is 18.5 Å². The van der Waals surface area contributed by atoms with Crippen molar-refractivity contribution in [2.45, 2.75) is 18.5 Å². The Balaban J connectivity index is 1.64. The van der Waals surface area contributed by atoms with Gasteiger partial charge in [-0.3, -0.25) is 0 Å². The van der Waals surface area contributed by atoms with Gasteiger partial charge in [0.25, 0.3) is 0 Å². The highest BCUT2D eigenvalue weighted by Gasteiger charge is 2.06. The molecule has 0 radical (unpaired) electrons. The first kappa shape index (κ1) is 16.6. The van der Waals surface area contributed by atoms with E-state index >= 15 is 0 Å². The molecule has 0 atom stereocenters. The smallest absolute Gasteiger partial charge is 0.124 e. The van der Waals surface area contributed by atoms with E-state index in [1.807, 2.05) is 54.6 Å². The molecular weight excluding hydrogens is 364 g/mol. The quantitative estimate of drug-likeness (QED) is 0.485. The molecule has 0 aliphatic heterocycles. The summed E-state index contributed by atoms with van der Waals surface area (Å²) in [6, 6.07) is 26.3. The van der Waals surface area contributed by atoms with Crippen LogP contribution >= 0.6 is 15.9 Å². The summed E-state index contributed by atoms with van der Waals surface area (Å²) < 4.78 is 11.8. The minimum absolute atomic E-state index is 0.561. The van der Waals surface area contributed by atoms with Crippen molar-refractivity contribution < 1.29 is 9.47 Å². The van der Waals surface area contributed by atoms with Crippen molar-refractivity contribution in [1.82, 2.24) is 0 Å². The largest absolute Gasteiger partial charge is 0.489 e. The number of benzene rings is 3. The second-order valence-electron chi connectivity index (χ2n) is 5.45. The summed E-state index contributed by atoms with van der Waals surface area (Å²) >= 11 is 3.53. The molecule has 0 aliphatic carbocycles. The Hall–Kier alpha value is -2.26. The summed E-state index contributed by atoms with van der Waals surface area (Å²) in [7, 11) is 0. The maximum Gasteiger partial charge on any atom is 0.124 e. The number of rotatable bonds is 7. The van der Waals surface area contributed by atoms with E-state index in [9.17, 15) is 0 Å². The van der Waals surface area contributed by atoms with Crippen molar-refractivity contribution in [3.05, 3.63) is 95.6 Å². The van der Waals surface area contributed by atoms with Crippen molar-refractivity contribution in [2.75, 3.05) is 0 Å². The van der Waals surface area contributed by atoms with Crippen molar-refractivity contribution in [1.29, 1.82) is 0 Å². The molecule has 0 aromatic heterocycles. The molecule has 3 heteroatoms. The van der Waals surface area contributed by atoms with Crippen LogP contribution in [0.25, 0.3) is 0 Å². The van der Waals surface area contributed by atoms with Crippen LogP contribution in [-0.4, -0.2) is 0 Å². The van der Waals surface area contributed by atoms with Gasteiger partial charge in [-0.05, 0) is 29.3 Å². The zero-order valence-electron chi connectivity index (χ0n) is 13.3. The number of hydrogen-bond donors (Lipinski definition) is 0. The topological polar surface area (TPSA) is 18.5 Å². The van der Waals surface area contributed by atoms with Gasteiger partial charge in [0, 0.05) is 10.9 Å². The zero-order chi connectivity index (χ0) is 16.6. The van der Waals surface area contributed by atoms with E-state index in [4.69, 9.17) is 9.47 Å². The first-order valence-electron chi connectivity index (χ1n) is 7.87. The fourth-order valence-electron chi connectivity index (χ4n) is 2.37. The van der Waals surface area contributed by atoms with Gasteiger partial charge in [0.2, 0.25) is 0 Å². The lowest BCUT2D eigenvalue weighted by Crippen LogP contribution is -1.99. The lowest BCUT2D eigenvalue weighted by atomic mass is 10.2. The molecular formula is C21H19BrO2. The SMILES string of the molecule is BrCc1cc(OCc2ccccc2)ccc1OCc1ccccc1. The third kappa shape index (κ3) is 4.62. The Morgan fingerprint density at radius 2 is 1.25 bits per heavy atom. The number of hydrogen-bond acceptors (Lipinski definition) is 2. The molecule has 3 rings (SSSR count). The van der Waals surface area contributed by atoms with Crippen LogP contribution in [0.1, 0.15) is 16.7 Å². The molecule has 24 heavy (non-hydrogen) atoms. The van der Waals surface area contributed by atoms with Gasteiger partial charge in [-0.15, -0.1) is 0 Å². The first-order valence-corrected chi connectivity index (χ1v) is 8.99. The average molecular weight is 383 g/mol. The van der Waals surface area contributed by atoms with Crippen molar-refractivity contribution >= 4 is 15.9 Å². The molecule has 0 N–H and O–H groups in total. The molecule has 3 aromatic carbocycles. The molecule has 0 unspecified atom stereocenters. The van der Waals surface area contributed by atoms with Gasteiger partial charge in [-0.2, -0.15) is 0 Å². The summed E-state index contributed by atoms with van der Waals surface area (Å²) in [4.78, 5) is 0. The maximum atomic E-state index is 5.95. The molecule has 122 valence electrons. The monoisotopic (exact) mass is 382 g/mol. The second-order valence-corrected chi connectivity index (χ2v) is 6.01. The molecule has 0 saturated carbocycles. The molecule has 0 saturated heterocycles. The zero-order valence-corrected chi connectivity index (χ0v) is 14.9. The van der Waals surface area contributed by atoms with Crippen molar-refractivity contribution in [3.63, 3.8) is 0 Å². The van der Waals surface area contributed by atoms with E-state index < -0.39 is 0 Å². The predicted octanol–water partition coefficient (Wildman–Crippen LogP) is 5.74. The van der Waals surface area contributed by atoms with Gasteiger partial charge in [-0.25, -0.2) is 0 Å². The van der Waals surface area contributed by atoms with Crippen LogP contribution in [0, 0.1) is 0 Å². The fraction of sp³-hybridized carbons (Fsp3) is 0.143. The van der Waals surface area contributed by atoms with Gasteiger partial charge < -0.3 is 9.47 Å². The molecule has 2 nitrogen and oxygen atoms in total. The molecule has 0 spiro atoms. The van der Waals surface area contributed by atoms with E-state index in [0.717, 1.165) is 33.5 Å².